The Labute approximate surface area is 135 Å². The summed E-state index contributed by atoms with van der Waals surface area (Å²) in [7, 11) is 1.59. The fourth-order valence-corrected chi connectivity index (χ4v) is 2.51. The molecule has 3 rings (SSSR count). The lowest BCUT2D eigenvalue weighted by molar-refractivity contribution is 0.415. The van der Waals surface area contributed by atoms with Gasteiger partial charge in [0.15, 0.2) is 0 Å². The van der Waals surface area contributed by atoms with E-state index in [1.165, 1.54) is 0 Å². The molecule has 0 aliphatic heterocycles. The first-order valence-corrected chi connectivity index (χ1v) is 7.35. The van der Waals surface area contributed by atoms with Crippen LogP contribution in [-0.2, 0) is 0 Å². The summed E-state index contributed by atoms with van der Waals surface area (Å²) in [5.41, 5.74) is 3.36. The Balaban J connectivity index is 2.02. The van der Waals surface area contributed by atoms with Gasteiger partial charge in [-0.15, -0.1) is 0 Å². The Bertz CT molecular complexity index is 810. The number of hydrogen-bond acceptors (Lipinski definition) is 4. The van der Waals surface area contributed by atoms with Crippen molar-refractivity contribution in [2.45, 2.75) is 0 Å². The first-order valence-electron chi connectivity index (χ1n) is 6.18. The van der Waals surface area contributed by atoms with Gasteiger partial charge in [0.1, 0.15) is 11.3 Å². The average Bonchev–Trinajstić information content (AvgIpc) is 2.49. The number of nitrogens with one attached hydrogen (secondary N) is 1. The first-order chi connectivity index (χ1) is 10.2. The molecule has 2 aromatic heterocycles. The Kier molecular flexibility index (Phi) is 3.94. The van der Waals surface area contributed by atoms with E-state index in [1.807, 2.05) is 24.3 Å². The van der Waals surface area contributed by atoms with E-state index < -0.39 is 0 Å². The lowest BCUT2D eigenvalue weighted by atomic mass is 10.2. The van der Waals surface area contributed by atoms with Crippen molar-refractivity contribution in [2.75, 3.05) is 12.4 Å². The molecule has 4 nitrogen and oxygen atoms in total. The van der Waals surface area contributed by atoms with Crippen LogP contribution < -0.4 is 10.1 Å². The van der Waals surface area contributed by atoms with E-state index >= 15 is 0 Å². The van der Waals surface area contributed by atoms with Gasteiger partial charge in [-0.1, -0.05) is 11.6 Å². The summed E-state index contributed by atoms with van der Waals surface area (Å²) in [5.74, 6) is 0.621. The number of methoxy groups -OCH3 is 1. The predicted molar refractivity (Wildman–Crippen MR) is 88.5 cm³/mol. The zero-order valence-electron chi connectivity index (χ0n) is 11.1. The summed E-state index contributed by atoms with van der Waals surface area (Å²) >= 11 is 9.43. The monoisotopic (exact) mass is 363 g/mol. The molecule has 2 heterocycles. The molecule has 0 aliphatic carbocycles. The largest absolute Gasteiger partial charge is 0.495 e. The van der Waals surface area contributed by atoms with Crippen molar-refractivity contribution in [1.29, 1.82) is 0 Å². The lowest BCUT2D eigenvalue weighted by Crippen LogP contribution is -1.95. The van der Waals surface area contributed by atoms with Crippen LogP contribution in [0.4, 0.5) is 11.4 Å². The SMILES string of the molecule is COc1cc(Nc2ccnc3cc(Br)cnc23)ccc1Cl. The number of anilines is 2. The highest BCUT2D eigenvalue weighted by Gasteiger charge is 2.06. The molecule has 0 aliphatic rings. The fourth-order valence-electron chi connectivity index (χ4n) is 2.00. The van der Waals surface area contributed by atoms with Crippen LogP contribution in [0.5, 0.6) is 5.75 Å². The van der Waals surface area contributed by atoms with Crippen LogP contribution in [0.3, 0.4) is 0 Å². The van der Waals surface area contributed by atoms with Crippen LogP contribution in [0.2, 0.25) is 5.02 Å². The van der Waals surface area contributed by atoms with Crippen LogP contribution in [-0.4, -0.2) is 17.1 Å². The van der Waals surface area contributed by atoms with E-state index in [9.17, 15) is 0 Å². The second-order valence-corrected chi connectivity index (χ2v) is 5.68. The molecule has 0 spiro atoms. The Morgan fingerprint density at radius 3 is 2.86 bits per heavy atom. The maximum atomic E-state index is 6.03. The molecular weight excluding hydrogens is 354 g/mol. The molecule has 3 aromatic rings. The van der Waals surface area contributed by atoms with Gasteiger partial charge in [0.25, 0.3) is 0 Å². The highest BCUT2D eigenvalue weighted by molar-refractivity contribution is 9.10. The Morgan fingerprint density at radius 2 is 2.05 bits per heavy atom. The van der Waals surface area contributed by atoms with Gasteiger partial charge in [-0.25, -0.2) is 0 Å². The third kappa shape index (κ3) is 2.94. The van der Waals surface area contributed by atoms with E-state index in [0.29, 0.717) is 10.8 Å². The van der Waals surface area contributed by atoms with E-state index in [2.05, 4.69) is 31.2 Å². The van der Waals surface area contributed by atoms with Crippen LogP contribution >= 0.6 is 27.5 Å². The minimum absolute atomic E-state index is 0.574. The minimum Gasteiger partial charge on any atom is -0.495 e. The second kappa shape index (κ2) is 5.87. The Morgan fingerprint density at radius 1 is 1.19 bits per heavy atom. The fraction of sp³-hybridized carbons (Fsp3) is 0.0667. The molecule has 0 unspecified atom stereocenters. The van der Waals surface area contributed by atoms with Crippen molar-refractivity contribution in [3.8, 4) is 5.75 Å². The summed E-state index contributed by atoms with van der Waals surface area (Å²) in [4.78, 5) is 8.72. The van der Waals surface area contributed by atoms with Crippen LogP contribution in [0.1, 0.15) is 0 Å². The number of fused-ring (bicyclic) bond motifs is 1. The van der Waals surface area contributed by atoms with E-state index in [4.69, 9.17) is 16.3 Å². The molecule has 21 heavy (non-hydrogen) atoms. The number of aromatic nitrogens is 2. The molecule has 0 amide bonds. The molecule has 0 atom stereocenters. The molecule has 0 radical (unpaired) electrons. The third-order valence-corrected chi connectivity index (χ3v) is 3.72. The zero-order chi connectivity index (χ0) is 14.8. The van der Waals surface area contributed by atoms with Crippen molar-refractivity contribution in [3.63, 3.8) is 0 Å². The molecule has 106 valence electrons. The molecule has 0 saturated carbocycles. The topological polar surface area (TPSA) is 47.0 Å². The minimum atomic E-state index is 0.574. The highest BCUT2D eigenvalue weighted by Crippen LogP contribution is 2.30. The first kappa shape index (κ1) is 14.1. The molecule has 6 heteroatoms. The third-order valence-electron chi connectivity index (χ3n) is 2.97. The molecular formula is C15H11BrClN3O. The Hall–Kier alpha value is -1.85. The van der Waals surface area contributed by atoms with Gasteiger partial charge in [0.05, 0.1) is 23.3 Å². The van der Waals surface area contributed by atoms with Gasteiger partial charge in [-0.05, 0) is 40.2 Å². The molecule has 0 saturated heterocycles. The van der Waals surface area contributed by atoms with Crippen LogP contribution in [0, 0.1) is 0 Å². The number of halogens is 2. The molecule has 0 bridgehead atoms. The van der Waals surface area contributed by atoms with Crippen molar-refractivity contribution >= 4 is 49.9 Å². The van der Waals surface area contributed by atoms with Gasteiger partial charge in [0, 0.05) is 28.6 Å². The smallest absolute Gasteiger partial charge is 0.139 e. The van der Waals surface area contributed by atoms with E-state index in [-0.39, 0.29) is 0 Å². The van der Waals surface area contributed by atoms with E-state index in [0.717, 1.165) is 26.9 Å². The number of hydrogen-bond donors (Lipinski definition) is 1. The van der Waals surface area contributed by atoms with Gasteiger partial charge < -0.3 is 10.1 Å². The summed E-state index contributed by atoms with van der Waals surface area (Å²) in [6.07, 6.45) is 3.49. The summed E-state index contributed by atoms with van der Waals surface area (Å²) in [6.45, 7) is 0. The second-order valence-electron chi connectivity index (χ2n) is 4.35. The predicted octanol–water partition coefficient (Wildman–Crippen LogP) is 4.80. The maximum Gasteiger partial charge on any atom is 0.139 e. The van der Waals surface area contributed by atoms with Crippen LogP contribution in [0.15, 0.2) is 47.2 Å². The van der Waals surface area contributed by atoms with E-state index in [1.54, 1.807) is 25.6 Å². The van der Waals surface area contributed by atoms with Crippen LogP contribution in [0.25, 0.3) is 11.0 Å². The average molecular weight is 365 g/mol. The van der Waals surface area contributed by atoms with Crippen molar-refractivity contribution in [1.82, 2.24) is 9.97 Å². The maximum absolute atomic E-state index is 6.03. The number of benzene rings is 1. The number of nitrogens with zero attached hydrogens (tertiary/aromatic N) is 2. The molecule has 1 N–H and O–H groups in total. The summed E-state index contributed by atoms with van der Waals surface area (Å²) in [6, 6.07) is 9.32. The standard InChI is InChI=1S/C15H11BrClN3O/c1-21-14-7-10(2-3-11(14)17)20-12-4-5-18-13-6-9(16)8-19-15(12)13/h2-8H,1H3,(H,18,20). The zero-order valence-corrected chi connectivity index (χ0v) is 13.4. The van der Waals surface area contributed by atoms with Gasteiger partial charge in [-0.3, -0.25) is 9.97 Å². The molecule has 1 aromatic carbocycles. The van der Waals surface area contributed by atoms with Crippen molar-refractivity contribution in [3.05, 3.63) is 52.2 Å². The van der Waals surface area contributed by atoms with Crippen molar-refractivity contribution in [2.24, 2.45) is 0 Å². The lowest BCUT2D eigenvalue weighted by Gasteiger charge is -2.11. The van der Waals surface area contributed by atoms with Gasteiger partial charge in [0.2, 0.25) is 0 Å². The summed E-state index contributed by atoms with van der Waals surface area (Å²) in [5, 5.41) is 3.89. The number of rotatable bonds is 3. The van der Waals surface area contributed by atoms with Gasteiger partial charge in [-0.2, -0.15) is 0 Å². The highest BCUT2D eigenvalue weighted by atomic mass is 79.9. The molecule has 0 fully saturated rings. The normalized spacial score (nSPS) is 10.6. The number of pyridine rings is 2. The van der Waals surface area contributed by atoms with Gasteiger partial charge >= 0.3 is 0 Å². The summed E-state index contributed by atoms with van der Waals surface area (Å²) < 4.78 is 6.12. The number of ether oxygens (including phenoxy) is 1. The van der Waals surface area contributed by atoms with Crippen molar-refractivity contribution < 1.29 is 4.74 Å². The quantitative estimate of drug-likeness (QED) is 0.725.